The Morgan fingerprint density at radius 1 is 1.25 bits per heavy atom. The first-order valence-corrected chi connectivity index (χ1v) is 9.04. The third kappa shape index (κ3) is 3.27. The zero-order valence-electron chi connectivity index (χ0n) is 14.0. The van der Waals surface area contributed by atoms with Crippen molar-refractivity contribution in [3.63, 3.8) is 0 Å². The Morgan fingerprint density at radius 2 is 2.17 bits per heavy atom. The number of rotatable bonds is 3. The van der Waals surface area contributed by atoms with E-state index < -0.39 is 0 Å². The number of fused-ring (bicyclic) bond motifs is 1. The fourth-order valence-electron chi connectivity index (χ4n) is 4.13. The molecule has 4 rings (SSSR count). The Balaban J connectivity index is 1.39. The minimum atomic E-state index is 0.184. The lowest BCUT2D eigenvalue weighted by molar-refractivity contribution is -0.120. The first kappa shape index (κ1) is 15.9. The normalized spacial score (nSPS) is 27.6. The van der Waals surface area contributed by atoms with Crippen LogP contribution >= 0.6 is 0 Å². The number of piperidine rings is 1. The molecule has 2 atom stereocenters. The van der Waals surface area contributed by atoms with Crippen molar-refractivity contribution in [3.8, 4) is 5.75 Å². The van der Waals surface area contributed by atoms with E-state index in [4.69, 9.17) is 4.74 Å². The van der Waals surface area contributed by atoms with E-state index in [0.29, 0.717) is 31.7 Å². The molecule has 1 aromatic carbocycles. The highest BCUT2D eigenvalue weighted by molar-refractivity contribution is 5.96. The summed E-state index contributed by atoms with van der Waals surface area (Å²) < 4.78 is 5.66. The molecular weight excluding hydrogens is 304 g/mol. The van der Waals surface area contributed by atoms with E-state index in [1.807, 2.05) is 29.2 Å². The molecule has 0 saturated carbocycles. The second-order valence-electron chi connectivity index (χ2n) is 6.97. The SMILES string of the molecule is O=C(CN1CCCC(C2CCNN2)C1)N1CCOc2ccccc21. The summed E-state index contributed by atoms with van der Waals surface area (Å²) in [5, 5.41) is 0. The number of carbonyl (C=O) groups is 1. The first-order chi connectivity index (χ1) is 11.8. The maximum absolute atomic E-state index is 12.9. The molecule has 24 heavy (non-hydrogen) atoms. The number of hydrazine groups is 1. The fraction of sp³-hybridized carbons (Fsp3) is 0.611. The van der Waals surface area contributed by atoms with Crippen molar-refractivity contribution in [2.75, 3.05) is 44.2 Å². The van der Waals surface area contributed by atoms with Crippen LogP contribution in [0.15, 0.2) is 24.3 Å². The summed E-state index contributed by atoms with van der Waals surface area (Å²) >= 11 is 0. The lowest BCUT2D eigenvalue weighted by Crippen LogP contribution is -2.49. The van der Waals surface area contributed by atoms with E-state index in [9.17, 15) is 4.79 Å². The van der Waals surface area contributed by atoms with Gasteiger partial charge in [-0.15, -0.1) is 0 Å². The second-order valence-corrected chi connectivity index (χ2v) is 6.97. The monoisotopic (exact) mass is 330 g/mol. The highest BCUT2D eigenvalue weighted by atomic mass is 16.5. The van der Waals surface area contributed by atoms with Crippen LogP contribution in [-0.4, -0.2) is 56.2 Å². The van der Waals surface area contributed by atoms with Crippen LogP contribution in [0.4, 0.5) is 5.69 Å². The largest absolute Gasteiger partial charge is 0.490 e. The van der Waals surface area contributed by atoms with Gasteiger partial charge in [0, 0.05) is 19.1 Å². The van der Waals surface area contributed by atoms with Crippen molar-refractivity contribution in [2.45, 2.75) is 25.3 Å². The summed E-state index contributed by atoms with van der Waals surface area (Å²) in [5.74, 6) is 1.64. The molecule has 0 radical (unpaired) electrons. The van der Waals surface area contributed by atoms with Gasteiger partial charge in [-0.05, 0) is 43.9 Å². The van der Waals surface area contributed by atoms with E-state index in [1.165, 1.54) is 19.3 Å². The maximum atomic E-state index is 12.9. The summed E-state index contributed by atoms with van der Waals surface area (Å²) in [6.45, 7) is 4.80. The van der Waals surface area contributed by atoms with Crippen molar-refractivity contribution >= 4 is 11.6 Å². The predicted molar refractivity (Wildman–Crippen MR) is 93.0 cm³/mol. The molecule has 0 spiro atoms. The van der Waals surface area contributed by atoms with Crippen LogP contribution < -0.4 is 20.5 Å². The number of nitrogens with one attached hydrogen (secondary N) is 2. The molecular formula is C18H26N4O2. The smallest absolute Gasteiger partial charge is 0.241 e. The lowest BCUT2D eigenvalue weighted by atomic mass is 9.90. The van der Waals surface area contributed by atoms with Gasteiger partial charge in [-0.25, -0.2) is 0 Å². The Labute approximate surface area is 143 Å². The summed E-state index contributed by atoms with van der Waals surface area (Å²) in [6, 6.07) is 8.37. The number of ether oxygens (including phenoxy) is 1. The summed E-state index contributed by atoms with van der Waals surface area (Å²) in [4.78, 5) is 17.1. The Hall–Kier alpha value is -1.63. The number of benzene rings is 1. The Kier molecular flexibility index (Phi) is 4.69. The van der Waals surface area contributed by atoms with Gasteiger partial charge >= 0.3 is 0 Å². The highest BCUT2D eigenvalue weighted by Crippen LogP contribution is 2.31. The third-order valence-corrected chi connectivity index (χ3v) is 5.37. The number of nitrogens with zero attached hydrogens (tertiary/aromatic N) is 2. The number of hydrogen-bond donors (Lipinski definition) is 2. The van der Waals surface area contributed by atoms with E-state index in [0.717, 1.165) is 31.1 Å². The van der Waals surface area contributed by atoms with Crippen LogP contribution in [-0.2, 0) is 4.79 Å². The van der Waals surface area contributed by atoms with Crippen molar-refractivity contribution in [3.05, 3.63) is 24.3 Å². The summed E-state index contributed by atoms with van der Waals surface area (Å²) in [5.41, 5.74) is 7.52. The number of carbonyl (C=O) groups excluding carboxylic acids is 1. The summed E-state index contributed by atoms with van der Waals surface area (Å²) in [7, 11) is 0. The molecule has 130 valence electrons. The maximum Gasteiger partial charge on any atom is 0.241 e. The van der Waals surface area contributed by atoms with Gasteiger partial charge in [0.05, 0.1) is 18.8 Å². The second kappa shape index (κ2) is 7.09. The average molecular weight is 330 g/mol. The van der Waals surface area contributed by atoms with Crippen LogP contribution in [0, 0.1) is 5.92 Å². The van der Waals surface area contributed by atoms with Gasteiger partial charge in [-0.2, -0.15) is 0 Å². The number of hydrogen-bond acceptors (Lipinski definition) is 5. The van der Waals surface area contributed by atoms with Gasteiger partial charge < -0.3 is 9.64 Å². The first-order valence-electron chi connectivity index (χ1n) is 9.04. The standard InChI is InChI=1S/C18H26N4O2/c23-18(22-10-11-24-17-6-2-1-5-16(17)22)13-21-9-3-4-14(12-21)15-7-8-19-20-15/h1-2,5-6,14-15,19-20H,3-4,7-13H2. The number of anilines is 1. The minimum Gasteiger partial charge on any atom is -0.490 e. The van der Waals surface area contributed by atoms with E-state index >= 15 is 0 Å². The molecule has 0 aromatic heterocycles. The van der Waals surface area contributed by atoms with E-state index in [1.54, 1.807) is 0 Å². The van der Waals surface area contributed by atoms with Crippen LogP contribution in [0.3, 0.4) is 0 Å². The quantitative estimate of drug-likeness (QED) is 0.866. The molecule has 2 saturated heterocycles. The molecule has 0 aliphatic carbocycles. The lowest BCUT2D eigenvalue weighted by Gasteiger charge is -2.37. The van der Waals surface area contributed by atoms with Crippen molar-refractivity contribution in [1.82, 2.24) is 15.8 Å². The molecule has 0 bridgehead atoms. The molecule has 3 aliphatic rings. The highest BCUT2D eigenvalue weighted by Gasteiger charge is 2.31. The topological polar surface area (TPSA) is 56.8 Å². The van der Waals surface area contributed by atoms with E-state index in [-0.39, 0.29) is 5.91 Å². The van der Waals surface area contributed by atoms with Crippen molar-refractivity contribution < 1.29 is 9.53 Å². The fourth-order valence-corrected chi connectivity index (χ4v) is 4.13. The van der Waals surface area contributed by atoms with E-state index in [2.05, 4.69) is 15.8 Å². The minimum absolute atomic E-state index is 0.184. The van der Waals surface area contributed by atoms with Gasteiger partial charge in [0.15, 0.2) is 0 Å². The molecule has 2 N–H and O–H groups in total. The van der Waals surface area contributed by atoms with Gasteiger partial charge in [-0.3, -0.25) is 20.5 Å². The molecule has 2 unspecified atom stereocenters. The van der Waals surface area contributed by atoms with Gasteiger partial charge in [0.2, 0.25) is 5.91 Å². The average Bonchev–Trinajstić information content (AvgIpc) is 3.16. The van der Waals surface area contributed by atoms with Crippen LogP contribution in [0.25, 0.3) is 0 Å². The molecule has 6 nitrogen and oxygen atoms in total. The summed E-state index contributed by atoms with van der Waals surface area (Å²) in [6.07, 6.45) is 3.61. The zero-order chi connectivity index (χ0) is 16.4. The molecule has 3 heterocycles. The molecule has 1 amide bonds. The molecule has 1 aromatic rings. The third-order valence-electron chi connectivity index (χ3n) is 5.37. The number of likely N-dealkylation sites (tertiary alicyclic amines) is 1. The number of para-hydroxylation sites is 2. The predicted octanol–water partition coefficient (Wildman–Crippen LogP) is 0.991. The van der Waals surface area contributed by atoms with Gasteiger partial charge in [0.25, 0.3) is 0 Å². The van der Waals surface area contributed by atoms with Crippen LogP contribution in [0.1, 0.15) is 19.3 Å². The van der Waals surface area contributed by atoms with Gasteiger partial charge in [-0.1, -0.05) is 12.1 Å². The zero-order valence-corrected chi connectivity index (χ0v) is 14.0. The Morgan fingerprint density at radius 3 is 3.04 bits per heavy atom. The van der Waals surface area contributed by atoms with Crippen LogP contribution in [0.2, 0.25) is 0 Å². The van der Waals surface area contributed by atoms with Crippen molar-refractivity contribution in [1.29, 1.82) is 0 Å². The number of amides is 1. The molecule has 3 aliphatic heterocycles. The van der Waals surface area contributed by atoms with Crippen molar-refractivity contribution in [2.24, 2.45) is 5.92 Å². The molecule has 2 fully saturated rings. The van der Waals surface area contributed by atoms with Crippen LogP contribution in [0.5, 0.6) is 5.75 Å². The molecule has 6 heteroatoms. The van der Waals surface area contributed by atoms with Gasteiger partial charge in [0.1, 0.15) is 12.4 Å². The Bertz CT molecular complexity index is 588.